The quantitative estimate of drug-likeness (QED) is 0.761. The van der Waals surface area contributed by atoms with Gasteiger partial charge in [-0.05, 0) is 43.5 Å². The highest BCUT2D eigenvalue weighted by Crippen LogP contribution is 2.30. The predicted molar refractivity (Wildman–Crippen MR) is 65.4 cm³/mol. The number of aromatic hydroxyl groups is 1. The number of rotatable bonds is 2. The van der Waals surface area contributed by atoms with Gasteiger partial charge in [-0.15, -0.1) is 6.42 Å². The summed E-state index contributed by atoms with van der Waals surface area (Å²) in [6, 6.07) is 6.24. The summed E-state index contributed by atoms with van der Waals surface area (Å²) < 4.78 is 0. The van der Waals surface area contributed by atoms with Crippen LogP contribution < -0.4 is 0 Å². The summed E-state index contributed by atoms with van der Waals surface area (Å²) in [7, 11) is 2.05. The van der Waals surface area contributed by atoms with E-state index in [2.05, 4.69) is 23.9 Å². The SMILES string of the molecule is C#CCN(C)C1CCc2cccc(O)c2C1. The van der Waals surface area contributed by atoms with Crippen LogP contribution in [0.25, 0.3) is 0 Å². The lowest BCUT2D eigenvalue weighted by molar-refractivity contribution is 0.245. The van der Waals surface area contributed by atoms with Crippen molar-refractivity contribution in [2.24, 2.45) is 0 Å². The number of phenols is 1. The number of aryl methyl sites for hydroxylation is 1. The predicted octanol–water partition coefficient (Wildman–Crippen LogP) is 1.81. The van der Waals surface area contributed by atoms with Gasteiger partial charge in [0, 0.05) is 6.04 Å². The molecule has 1 N–H and O–H groups in total. The summed E-state index contributed by atoms with van der Waals surface area (Å²) in [5, 5.41) is 9.83. The molecule has 1 atom stereocenters. The third-order valence-electron chi connectivity index (χ3n) is 3.40. The molecule has 2 nitrogen and oxygen atoms in total. The number of nitrogens with zero attached hydrogens (tertiary/aromatic N) is 1. The van der Waals surface area contributed by atoms with Gasteiger partial charge in [-0.25, -0.2) is 0 Å². The Hall–Kier alpha value is -1.46. The molecule has 1 aromatic rings. The summed E-state index contributed by atoms with van der Waals surface area (Å²) >= 11 is 0. The second-order valence-electron chi connectivity index (χ2n) is 4.43. The molecule has 1 aromatic carbocycles. The van der Waals surface area contributed by atoms with Crippen LogP contribution in [0.1, 0.15) is 17.5 Å². The lowest BCUT2D eigenvalue weighted by Gasteiger charge is -2.31. The molecule has 84 valence electrons. The van der Waals surface area contributed by atoms with E-state index in [9.17, 15) is 5.11 Å². The van der Waals surface area contributed by atoms with Crippen LogP contribution in [0, 0.1) is 12.3 Å². The topological polar surface area (TPSA) is 23.5 Å². The third kappa shape index (κ3) is 2.05. The van der Waals surface area contributed by atoms with Crippen molar-refractivity contribution in [2.75, 3.05) is 13.6 Å². The van der Waals surface area contributed by atoms with Gasteiger partial charge in [0.05, 0.1) is 6.54 Å². The number of likely N-dealkylation sites (N-methyl/N-ethyl adjacent to an activating group) is 1. The van der Waals surface area contributed by atoms with Crippen LogP contribution in [0.4, 0.5) is 0 Å². The van der Waals surface area contributed by atoms with Crippen molar-refractivity contribution in [3.63, 3.8) is 0 Å². The summed E-state index contributed by atoms with van der Waals surface area (Å²) in [6.45, 7) is 0.674. The molecule has 2 heteroatoms. The van der Waals surface area contributed by atoms with E-state index in [1.807, 2.05) is 6.07 Å². The molecule has 0 saturated carbocycles. The van der Waals surface area contributed by atoms with E-state index >= 15 is 0 Å². The van der Waals surface area contributed by atoms with Crippen LogP contribution in [-0.4, -0.2) is 29.6 Å². The standard InChI is InChI=1S/C14H17NO/c1-3-9-15(2)12-8-7-11-5-4-6-14(16)13(11)10-12/h1,4-6,12,16H,7-10H2,2H3. The summed E-state index contributed by atoms with van der Waals surface area (Å²) in [6.07, 6.45) is 8.37. The van der Waals surface area contributed by atoms with Crippen molar-refractivity contribution in [3.05, 3.63) is 29.3 Å². The fourth-order valence-electron chi connectivity index (χ4n) is 2.40. The van der Waals surface area contributed by atoms with Crippen LogP contribution in [0.2, 0.25) is 0 Å². The lowest BCUT2D eigenvalue weighted by Crippen LogP contribution is -2.36. The van der Waals surface area contributed by atoms with Gasteiger partial charge in [-0.2, -0.15) is 0 Å². The van der Waals surface area contributed by atoms with E-state index in [-0.39, 0.29) is 0 Å². The molecule has 0 saturated heterocycles. The molecule has 0 amide bonds. The van der Waals surface area contributed by atoms with Gasteiger partial charge in [0.25, 0.3) is 0 Å². The third-order valence-corrected chi connectivity index (χ3v) is 3.40. The normalized spacial score (nSPS) is 19.2. The highest BCUT2D eigenvalue weighted by Gasteiger charge is 2.23. The number of terminal acetylenes is 1. The van der Waals surface area contributed by atoms with E-state index in [1.54, 1.807) is 6.07 Å². The molecule has 0 bridgehead atoms. The Morgan fingerprint density at radius 1 is 1.56 bits per heavy atom. The molecular weight excluding hydrogens is 198 g/mol. The van der Waals surface area contributed by atoms with Crippen molar-refractivity contribution < 1.29 is 5.11 Å². The van der Waals surface area contributed by atoms with Gasteiger partial charge < -0.3 is 5.11 Å². The molecule has 0 fully saturated rings. The first kappa shape index (κ1) is 11.0. The molecule has 0 heterocycles. The average molecular weight is 215 g/mol. The van der Waals surface area contributed by atoms with Crippen LogP contribution in [-0.2, 0) is 12.8 Å². The maximum atomic E-state index is 9.83. The second-order valence-corrected chi connectivity index (χ2v) is 4.43. The lowest BCUT2D eigenvalue weighted by atomic mass is 9.87. The van der Waals surface area contributed by atoms with Crippen LogP contribution >= 0.6 is 0 Å². The fourth-order valence-corrected chi connectivity index (χ4v) is 2.40. The smallest absolute Gasteiger partial charge is 0.119 e. The Bertz CT molecular complexity index is 419. The minimum absolute atomic E-state index is 0.427. The van der Waals surface area contributed by atoms with Crippen molar-refractivity contribution >= 4 is 0 Å². The summed E-state index contributed by atoms with van der Waals surface area (Å²) in [4.78, 5) is 2.19. The minimum atomic E-state index is 0.427. The Morgan fingerprint density at radius 3 is 3.12 bits per heavy atom. The van der Waals surface area contributed by atoms with E-state index in [0.29, 0.717) is 18.3 Å². The largest absolute Gasteiger partial charge is 0.508 e. The maximum Gasteiger partial charge on any atom is 0.119 e. The molecule has 0 radical (unpaired) electrons. The zero-order valence-electron chi connectivity index (χ0n) is 9.61. The molecule has 1 unspecified atom stereocenters. The first-order chi connectivity index (χ1) is 7.72. The number of hydrogen-bond acceptors (Lipinski definition) is 2. The number of phenolic OH excluding ortho intramolecular Hbond substituents is 1. The molecule has 1 aliphatic rings. The fraction of sp³-hybridized carbons (Fsp3) is 0.429. The van der Waals surface area contributed by atoms with Gasteiger partial charge in [0.1, 0.15) is 5.75 Å². The highest BCUT2D eigenvalue weighted by atomic mass is 16.3. The van der Waals surface area contributed by atoms with E-state index in [0.717, 1.165) is 24.8 Å². The number of fused-ring (bicyclic) bond motifs is 1. The zero-order chi connectivity index (χ0) is 11.5. The van der Waals surface area contributed by atoms with Gasteiger partial charge in [-0.1, -0.05) is 18.1 Å². The van der Waals surface area contributed by atoms with Gasteiger partial charge >= 0.3 is 0 Å². The molecular formula is C14H17NO. The van der Waals surface area contributed by atoms with Gasteiger partial charge in [-0.3, -0.25) is 4.90 Å². The van der Waals surface area contributed by atoms with Crippen molar-refractivity contribution in [1.29, 1.82) is 0 Å². The van der Waals surface area contributed by atoms with Crippen molar-refractivity contribution in [3.8, 4) is 18.1 Å². The zero-order valence-corrected chi connectivity index (χ0v) is 9.61. The molecule has 2 rings (SSSR count). The first-order valence-corrected chi connectivity index (χ1v) is 5.66. The summed E-state index contributed by atoms with van der Waals surface area (Å²) in [5.41, 5.74) is 2.38. The van der Waals surface area contributed by atoms with E-state index in [4.69, 9.17) is 6.42 Å². The van der Waals surface area contributed by atoms with Gasteiger partial charge in [0.2, 0.25) is 0 Å². The summed E-state index contributed by atoms with van der Waals surface area (Å²) in [5.74, 6) is 3.09. The monoisotopic (exact) mass is 215 g/mol. The molecule has 0 spiro atoms. The van der Waals surface area contributed by atoms with Crippen LogP contribution in [0.15, 0.2) is 18.2 Å². The Kier molecular flexibility index (Phi) is 3.17. The van der Waals surface area contributed by atoms with Crippen molar-refractivity contribution in [2.45, 2.75) is 25.3 Å². The number of hydrogen-bond donors (Lipinski definition) is 1. The Balaban J connectivity index is 2.17. The second kappa shape index (κ2) is 4.59. The average Bonchev–Trinajstić information content (AvgIpc) is 2.29. The van der Waals surface area contributed by atoms with Crippen LogP contribution in [0.3, 0.4) is 0 Å². The van der Waals surface area contributed by atoms with Gasteiger partial charge in [0.15, 0.2) is 0 Å². The molecule has 1 aliphatic carbocycles. The highest BCUT2D eigenvalue weighted by molar-refractivity contribution is 5.41. The molecule has 0 aromatic heterocycles. The molecule has 16 heavy (non-hydrogen) atoms. The minimum Gasteiger partial charge on any atom is -0.508 e. The Labute approximate surface area is 96.9 Å². The maximum absolute atomic E-state index is 9.83. The van der Waals surface area contributed by atoms with E-state index in [1.165, 1.54) is 5.56 Å². The van der Waals surface area contributed by atoms with Crippen molar-refractivity contribution in [1.82, 2.24) is 4.90 Å². The van der Waals surface area contributed by atoms with E-state index < -0.39 is 0 Å². The Morgan fingerprint density at radius 2 is 2.38 bits per heavy atom. The molecule has 0 aliphatic heterocycles. The number of benzene rings is 1. The first-order valence-electron chi connectivity index (χ1n) is 5.66. The van der Waals surface area contributed by atoms with Crippen LogP contribution in [0.5, 0.6) is 5.75 Å².